The van der Waals surface area contributed by atoms with E-state index in [4.69, 9.17) is 4.74 Å². The molecule has 0 spiro atoms. The molecule has 0 saturated heterocycles. The Morgan fingerprint density at radius 2 is 1.78 bits per heavy atom. The molecule has 1 atom stereocenters. The third kappa shape index (κ3) is 4.50. The van der Waals surface area contributed by atoms with Gasteiger partial charge in [0.1, 0.15) is 0 Å². The number of ether oxygens (including phenoxy) is 1. The first-order chi connectivity index (χ1) is 12.9. The summed E-state index contributed by atoms with van der Waals surface area (Å²) in [6.07, 6.45) is 2.42. The Kier molecular flexibility index (Phi) is 5.50. The van der Waals surface area contributed by atoms with Crippen LogP contribution in [0, 0.1) is 0 Å². The van der Waals surface area contributed by atoms with E-state index in [1.807, 2.05) is 30.3 Å². The summed E-state index contributed by atoms with van der Waals surface area (Å²) < 4.78 is 5.37. The molecule has 0 radical (unpaired) electrons. The summed E-state index contributed by atoms with van der Waals surface area (Å²) in [7, 11) is 0. The summed E-state index contributed by atoms with van der Waals surface area (Å²) in [5, 5.41) is 0.504. The Balaban J connectivity index is 1.69. The van der Waals surface area contributed by atoms with Crippen molar-refractivity contribution in [2.75, 3.05) is 0 Å². The van der Waals surface area contributed by atoms with Crippen LogP contribution in [0.3, 0.4) is 0 Å². The summed E-state index contributed by atoms with van der Waals surface area (Å²) in [6, 6.07) is 15.1. The molecule has 1 N–H and O–H groups in total. The van der Waals surface area contributed by atoms with Gasteiger partial charge in [-0.3, -0.25) is 4.79 Å². The lowest BCUT2D eigenvalue weighted by Crippen LogP contribution is -2.16. The molecule has 0 bridgehead atoms. The molecule has 27 heavy (non-hydrogen) atoms. The van der Waals surface area contributed by atoms with Gasteiger partial charge in [-0.1, -0.05) is 50.2 Å². The maximum Gasteiger partial charge on any atom is 0.331 e. The number of fused-ring (bicyclic) bond motifs is 1. The third-order valence-electron chi connectivity index (χ3n) is 4.32. The second kappa shape index (κ2) is 7.99. The van der Waals surface area contributed by atoms with Crippen LogP contribution >= 0.6 is 0 Å². The topological polar surface area (TPSA) is 72.0 Å². The second-order valence-electron chi connectivity index (χ2n) is 6.70. The lowest BCUT2D eigenvalue weighted by Gasteiger charge is -2.11. The van der Waals surface area contributed by atoms with E-state index in [2.05, 4.69) is 23.8 Å². The minimum Gasteiger partial charge on any atom is -0.451 e. The molecule has 0 aliphatic heterocycles. The number of carbonyl (C=O) groups excluding carboxylic acids is 1. The number of rotatable bonds is 5. The second-order valence-corrected chi connectivity index (χ2v) is 6.70. The molecule has 1 heterocycles. The Labute approximate surface area is 157 Å². The third-order valence-corrected chi connectivity index (χ3v) is 4.32. The molecule has 0 aliphatic carbocycles. The highest BCUT2D eigenvalue weighted by Gasteiger charge is 2.14. The number of carbonyl (C=O) groups is 1. The highest BCUT2D eigenvalue weighted by Crippen LogP contribution is 2.17. The van der Waals surface area contributed by atoms with Gasteiger partial charge in [-0.2, -0.15) is 0 Å². The molecule has 0 amide bonds. The van der Waals surface area contributed by atoms with Gasteiger partial charge in [-0.05, 0) is 42.2 Å². The van der Waals surface area contributed by atoms with E-state index < -0.39 is 12.1 Å². The number of hydrogen-bond donors (Lipinski definition) is 1. The number of aromatic nitrogens is 2. The molecule has 5 heteroatoms. The molecular formula is C22H22N2O3. The molecule has 138 valence electrons. The van der Waals surface area contributed by atoms with E-state index >= 15 is 0 Å². The zero-order valence-electron chi connectivity index (χ0n) is 15.6. The molecule has 5 nitrogen and oxygen atoms in total. The SMILES string of the molecule is CC(C)c1ccc(/C=C/C(=O)OC(C)c2nc3ccccc3c(=O)[nH]2)cc1. The van der Waals surface area contributed by atoms with Crippen LogP contribution in [0.2, 0.25) is 0 Å². The van der Waals surface area contributed by atoms with Crippen LogP contribution in [0.1, 0.15) is 49.7 Å². The van der Waals surface area contributed by atoms with Gasteiger partial charge < -0.3 is 9.72 Å². The molecule has 2 aromatic carbocycles. The largest absolute Gasteiger partial charge is 0.451 e. The normalized spacial score (nSPS) is 12.6. The predicted molar refractivity (Wildman–Crippen MR) is 106 cm³/mol. The maximum atomic E-state index is 12.1. The van der Waals surface area contributed by atoms with Crippen molar-refractivity contribution < 1.29 is 9.53 Å². The van der Waals surface area contributed by atoms with E-state index in [9.17, 15) is 9.59 Å². The predicted octanol–water partition coefficient (Wildman–Crippen LogP) is 4.36. The number of benzene rings is 2. The average molecular weight is 362 g/mol. The minimum atomic E-state index is -0.664. The average Bonchev–Trinajstić information content (AvgIpc) is 2.66. The maximum absolute atomic E-state index is 12.1. The standard InChI is InChI=1S/C22H22N2O3/c1-14(2)17-11-8-16(9-12-17)10-13-20(25)27-15(3)21-23-19-7-5-4-6-18(19)22(26)24-21/h4-15H,1-3H3,(H,23,24,26)/b13-10+. The summed E-state index contributed by atoms with van der Waals surface area (Å²) in [6.45, 7) is 5.94. The van der Waals surface area contributed by atoms with Crippen molar-refractivity contribution in [1.29, 1.82) is 0 Å². The van der Waals surface area contributed by atoms with Gasteiger partial charge in [0.25, 0.3) is 5.56 Å². The fourth-order valence-corrected chi connectivity index (χ4v) is 2.72. The lowest BCUT2D eigenvalue weighted by atomic mass is 10.0. The van der Waals surface area contributed by atoms with Crippen LogP contribution in [0.5, 0.6) is 0 Å². The van der Waals surface area contributed by atoms with Crippen LogP contribution in [-0.2, 0) is 9.53 Å². The van der Waals surface area contributed by atoms with Crippen molar-refractivity contribution in [2.45, 2.75) is 32.8 Å². The van der Waals surface area contributed by atoms with Crippen LogP contribution in [0.15, 0.2) is 59.4 Å². The van der Waals surface area contributed by atoms with Gasteiger partial charge in [0.2, 0.25) is 0 Å². The van der Waals surface area contributed by atoms with Crippen molar-refractivity contribution in [1.82, 2.24) is 9.97 Å². The number of nitrogens with zero attached hydrogens (tertiary/aromatic N) is 1. The molecule has 0 fully saturated rings. The van der Waals surface area contributed by atoms with Gasteiger partial charge >= 0.3 is 5.97 Å². The minimum absolute atomic E-state index is 0.251. The molecule has 1 unspecified atom stereocenters. The zero-order valence-corrected chi connectivity index (χ0v) is 15.6. The van der Waals surface area contributed by atoms with Crippen molar-refractivity contribution in [3.05, 3.63) is 81.9 Å². The first-order valence-corrected chi connectivity index (χ1v) is 8.91. The van der Waals surface area contributed by atoms with E-state index in [1.54, 1.807) is 31.2 Å². The van der Waals surface area contributed by atoms with E-state index in [1.165, 1.54) is 11.6 Å². The van der Waals surface area contributed by atoms with Crippen LogP contribution in [-0.4, -0.2) is 15.9 Å². The molecule has 0 saturated carbocycles. The summed E-state index contributed by atoms with van der Waals surface area (Å²) >= 11 is 0. The summed E-state index contributed by atoms with van der Waals surface area (Å²) in [5.74, 6) is 0.290. The lowest BCUT2D eigenvalue weighted by molar-refractivity contribution is -0.142. The van der Waals surface area contributed by atoms with E-state index in [-0.39, 0.29) is 5.56 Å². The quantitative estimate of drug-likeness (QED) is 0.540. The molecule has 0 aliphatic rings. The number of H-pyrrole nitrogens is 1. The van der Waals surface area contributed by atoms with Crippen LogP contribution in [0.4, 0.5) is 0 Å². The van der Waals surface area contributed by atoms with Gasteiger partial charge in [0, 0.05) is 6.08 Å². The van der Waals surface area contributed by atoms with E-state index in [0.29, 0.717) is 22.6 Å². The monoisotopic (exact) mass is 362 g/mol. The highest BCUT2D eigenvalue weighted by molar-refractivity contribution is 5.87. The molecule has 1 aromatic heterocycles. The Morgan fingerprint density at radius 1 is 1.07 bits per heavy atom. The number of esters is 1. The van der Waals surface area contributed by atoms with Gasteiger partial charge in [-0.15, -0.1) is 0 Å². The molecule has 3 rings (SSSR count). The number of para-hydroxylation sites is 1. The smallest absolute Gasteiger partial charge is 0.331 e. The Bertz CT molecular complexity index is 1030. The number of aromatic amines is 1. The zero-order chi connectivity index (χ0) is 19.4. The summed E-state index contributed by atoms with van der Waals surface area (Å²) in [5.41, 5.74) is 2.48. The fraction of sp³-hybridized carbons (Fsp3) is 0.227. The van der Waals surface area contributed by atoms with Gasteiger partial charge in [-0.25, -0.2) is 9.78 Å². The first kappa shape index (κ1) is 18.6. The van der Waals surface area contributed by atoms with Crippen LogP contribution < -0.4 is 5.56 Å². The Hall–Kier alpha value is -3.21. The van der Waals surface area contributed by atoms with Crippen molar-refractivity contribution >= 4 is 22.9 Å². The Morgan fingerprint density at radius 3 is 2.48 bits per heavy atom. The van der Waals surface area contributed by atoms with Crippen LogP contribution in [0.25, 0.3) is 17.0 Å². The van der Waals surface area contributed by atoms with Gasteiger partial charge in [0.15, 0.2) is 11.9 Å². The van der Waals surface area contributed by atoms with Gasteiger partial charge in [0.05, 0.1) is 10.9 Å². The molecule has 3 aromatic rings. The van der Waals surface area contributed by atoms with Crippen molar-refractivity contribution in [3.8, 4) is 0 Å². The summed E-state index contributed by atoms with van der Waals surface area (Å²) in [4.78, 5) is 31.3. The fourth-order valence-electron chi connectivity index (χ4n) is 2.72. The van der Waals surface area contributed by atoms with Crippen molar-refractivity contribution in [2.24, 2.45) is 0 Å². The number of hydrogen-bond acceptors (Lipinski definition) is 4. The number of nitrogens with one attached hydrogen (secondary N) is 1. The first-order valence-electron chi connectivity index (χ1n) is 8.91. The van der Waals surface area contributed by atoms with Crippen molar-refractivity contribution in [3.63, 3.8) is 0 Å². The van der Waals surface area contributed by atoms with E-state index in [0.717, 1.165) is 5.56 Å². The highest BCUT2D eigenvalue weighted by atomic mass is 16.5. The molecular weight excluding hydrogens is 340 g/mol.